The summed E-state index contributed by atoms with van der Waals surface area (Å²) in [5, 5.41) is 12.4. The molecular weight excluding hydrogens is 316 g/mol. The van der Waals surface area contributed by atoms with Crippen LogP contribution < -0.4 is 5.32 Å². The van der Waals surface area contributed by atoms with Crippen LogP contribution >= 0.6 is 0 Å². The molecule has 2 aromatic carbocycles. The summed E-state index contributed by atoms with van der Waals surface area (Å²) < 4.78 is 0. The van der Waals surface area contributed by atoms with E-state index in [4.69, 9.17) is 5.11 Å². The van der Waals surface area contributed by atoms with Crippen molar-refractivity contribution < 1.29 is 14.7 Å². The van der Waals surface area contributed by atoms with E-state index in [1.54, 1.807) is 18.2 Å². The number of nitrogens with zero attached hydrogens (tertiary/aromatic N) is 1. The molecule has 0 bridgehead atoms. The normalized spacial score (nSPS) is 14.4. The van der Waals surface area contributed by atoms with Crippen molar-refractivity contribution in [3.8, 4) is 0 Å². The number of aromatic carboxylic acids is 1. The van der Waals surface area contributed by atoms with Gasteiger partial charge in [-0.2, -0.15) is 0 Å². The summed E-state index contributed by atoms with van der Waals surface area (Å²) in [5.74, 6) is -0.690. The van der Waals surface area contributed by atoms with Gasteiger partial charge in [0.05, 0.1) is 5.56 Å². The van der Waals surface area contributed by atoms with Gasteiger partial charge in [0.15, 0.2) is 0 Å². The molecule has 5 nitrogen and oxygen atoms in total. The van der Waals surface area contributed by atoms with Crippen molar-refractivity contribution in [3.05, 3.63) is 65.2 Å². The monoisotopic (exact) mass is 338 g/mol. The van der Waals surface area contributed by atoms with Gasteiger partial charge in [-0.15, -0.1) is 0 Å². The number of hydrogen-bond acceptors (Lipinski definition) is 3. The first-order valence-electron chi connectivity index (χ1n) is 8.54. The van der Waals surface area contributed by atoms with Crippen molar-refractivity contribution in [2.24, 2.45) is 0 Å². The number of amides is 1. The zero-order valence-corrected chi connectivity index (χ0v) is 14.1. The van der Waals surface area contributed by atoms with E-state index in [1.807, 2.05) is 35.2 Å². The van der Waals surface area contributed by atoms with Crippen LogP contribution in [-0.4, -0.2) is 28.4 Å². The van der Waals surface area contributed by atoms with Gasteiger partial charge in [0.1, 0.15) is 0 Å². The van der Waals surface area contributed by atoms with Crippen LogP contribution in [0.1, 0.15) is 40.7 Å². The summed E-state index contributed by atoms with van der Waals surface area (Å²) in [4.78, 5) is 24.9. The fraction of sp³-hybridized carbons (Fsp3) is 0.300. The van der Waals surface area contributed by atoms with E-state index in [1.165, 1.54) is 0 Å². The Morgan fingerprint density at radius 3 is 2.68 bits per heavy atom. The molecule has 0 radical (unpaired) electrons. The Kier molecular flexibility index (Phi) is 5.33. The summed E-state index contributed by atoms with van der Waals surface area (Å²) in [6, 6.07) is 14.9. The van der Waals surface area contributed by atoms with E-state index in [-0.39, 0.29) is 11.5 Å². The number of carboxylic acid groups (broad SMARTS) is 1. The van der Waals surface area contributed by atoms with Crippen molar-refractivity contribution in [1.29, 1.82) is 0 Å². The van der Waals surface area contributed by atoms with Gasteiger partial charge < -0.3 is 15.3 Å². The van der Waals surface area contributed by atoms with Gasteiger partial charge in [0.2, 0.25) is 5.91 Å². The number of carbonyl (C=O) groups is 2. The van der Waals surface area contributed by atoms with Crippen LogP contribution in [0, 0.1) is 0 Å². The smallest absolute Gasteiger partial charge is 0.335 e. The lowest BCUT2D eigenvalue weighted by atomic mass is 10.1. The molecule has 1 heterocycles. The maximum absolute atomic E-state index is 11.9. The highest BCUT2D eigenvalue weighted by molar-refractivity contribution is 5.87. The summed E-state index contributed by atoms with van der Waals surface area (Å²) in [6.45, 7) is 2.02. The highest BCUT2D eigenvalue weighted by Crippen LogP contribution is 2.18. The Hall–Kier alpha value is -2.82. The molecule has 1 fully saturated rings. The molecule has 1 aliphatic rings. The SMILES string of the molecule is O=C(O)c1cccc(CNc2cccc(CN3CCCCC3=O)c2)c1. The second-order valence-electron chi connectivity index (χ2n) is 6.33. The average molecular weight is 338 g/mol. The number of benzene rings is 2. The molecule has 0 unspecified atom stereocenters. The molecule has 0 saturated carbocycles. The van der Waals surface area contributed by atoms with Crippen LogP contribution in [-0.2, 0) is 17.9 Å². The maximum atomic E-state index is 11.9. The molecule has 1 aliphatic heterocycles. The van der Waals surface area contributed by atoms with Gasteiger partial charge in [-0.25, -0.2) is 4.79 Å². The summed E-state index contributed by atoms with van der Waals surface area (Å²) in [7, 11) is 0. The van der Waals surface area contributed by atoms with E-state index in [9.17, 15) is 9.59 Å². The third kappa shape index (κ3) is 4.59. The second kappa shape index (κ2) is 7.83. The maximum Gasteiger partial charge on any atom is 0.335 e. The molecule has 25 heavy (non-hydrogen) atoms. The van der Waals surface area contributed by atoms with Gasteiger partial charge in [0.25, 0.3) is 0 Å². The fourth-order valence-electron chi connectivity index (χ4n) is 3.05. The lowest BCUT2D eigenvalue weighted by Crippen LogP contribution is -2.34. The Labute approximate surface area is 147 Å². The average Bonchev–Trinajstić information content (AvgIpc) is 2.62. The predicted molar refractivity (Wildman–Crippen MR) is 96.4 cm³/mol. The van der Waals surface area contributed by atoms with Crippen LogP contribution in [0.25, 0.3) is 0 Å². The standard InChI is InChI=1S/C20H22N2O3/c23-19-9-1-2-10-22(19)14-16-6-4-8-18(12-16)21-13-15-5-3-7-17(11-15)20(24)25/h3-8,11-12,21H,1-2,9-10,13-14H2,(H,24,25). The number of piperidine rings is 1. The minimum atomic E-state index is -0.921. The topological polar surface area (TPSA) is 69.6 Å². The third-order valence-corrected chi connectivity index (χ3v) is 4.39. The zero-order valence-electron chi connectivity index (χ0n) is 14.1. The van der Waals surface area contributed by atoms with Crippen molar-refractivity contribution in [3.63, 3.8) is 0 Å². The van der Waals surface area contributed by atoms with Crippen LogP contribution in [0.3, 0.4) is 0 Å². The van der Waals surface area contributed by atoms with Crippen molar-refractivity contribution in [1.82, 2.24) is 4.90 Å². The van der Waals surface area contributed by atoms with Crippen molar-refractivity contribution in [2.75, 3.05) is 11.9 Å². The number of likely N-dealkylation sites (tertiary alicyclic amines) is 1. The summed E-state index contributed by atoms with van der Waals surface area (Å²) >= 11 is 0. The minimum absolute atomic E-state index is 0.232. The summed E-state index contributed by atoms with van der Waals surface area (Å²) in [6.07, 6.45) is 2.72. The quantitative estimate of drug-likeness (QED) is 0.846. The molecule has 0 atom stereocenters. The second-order valence-corrected chi connectivity index (χ2v) is 6.33. The Morgan fingerprint density at radius 1 is 1.08 bits per heavy atom. The number of carboxylic acids is 1. The predicted octanol–water partition coefficient (Wildman–Crippen LogP) is 3.51. The molecule has 0 aliphatic carbocycles. The molecule has 5 heteroatoms. The van der Waals surface area contributed by atoms with Gasteiger partial charge in [-0.05, 0) is 48.2 Å². The van der Waals surface area contributed by atoms with Crippen LogP contribution in [0.15, 0.2) is 48.5 Å². The molecule has 1 saturated heterocycles. The van der Waals surface area contributed by atoms with E-state index < -0.39 is 5.97 Å². The van der Waals surface area contributed by atoms with Crippen molar-refractivity contribution in [2.45, 2.75) is 32.4 Å². The first kappa shape index (κ1) is 17.0. The Morgan fingerprint density at radius 2 is 1.88 bits per heavy atom. The fourth-order valence-corrected chi connectivity index (χ4v) is 3.05. The molecule has 3 rings (SSSR count). The lowest BCUT2D eigenvalue weighted by molar-refractivity contribution is -0.133. The van der Waals surface area contributed by atoms with Gasteiger partial charge >= 0.3 is 5.97 Å². The molecule has 2 aromatic rings. The number of nitrogens with one attached hydrogen (secondary N) is 1. The molecule has 130 valence electrons. The highest BCUT2D eigenvalue weighted by Gasteiger charge is 2.17. The number of hydrogen-bond donors (Lipinski definition) is 2. The lowest BCUT2D eigenvalue weighted by Gasteiger charge is -2.26. The molecule has 0 spiro atoms. The molecule has 1 amide bonds. The number of anilines is 1. The van der Waals surface area contributed by atoms with Gasteiger partial charge in [-0.1, -0.05) is 24.3 Å². The van der Waals surface area contributed by atoms with Gasteiger partial charge in [0, 0.05) is 31.7 Å². The van der Waals surface area contributed by atoms with Gasteiger partial charge in [-0.3, -0.25) is 4.79 Å². The minimum Gasteiger partial charge on any atom is -0.478 e. The third-order valence-electron chi connectivity index (χ3n) is 4.39. The summed E-state index contributed by atoms with van der Waals surface area (Å²) in [5.41, 5.74) is 3.26. The van der Waals surface area contributed by atoms with Crippen molar-refractivity contribution >= 4 is 17.6 Å². The van der Waals surface area contributed by atoms with E-state index in [2.05, 4.69) is 5.32 Å². The number of rotatable bonds is 6. The molecule has 0 aromatic heterocycles. The Balaban J connectivity index is 1.62. The van der Waals surface area contributed by atoms with E-state index >= 15 is 0 Å². The number of carbonyl (C=O) groups excluding carboxylic acids is 1. The first-order chi connectivity index (χ1) is 12.1. The zero-order chi connectivity index (χ0) is 17.6. The van der Waals surface area contributed by atoms with E-state index in [0.717, 1.165) is 36.2 Å². The highest BCUT2D eigenvalue weighted by atomic mass is 16.4. The van der Waals surface area contributed by atoms with Crippen LogP contribution in [0.4, 0.5) is 5.69 Å². The van der Waals surface area contributed by atoms with Crippen LogP contribution in [0.5, 0.6) is 0 Å². The Bertz CT molecular complexity index is 773. The van der Waals surface area contributed by atoms with E-state index in [0.29, 0.717) is 19.5 Å². The molecule has 2 N–H and O–H groups in total. The molecular formula is C20H22N2O3. The largest absolute Gasteiger partial charge is 0.478 e. The van der Waals surface area contributed by atoms with Crippen LogP contribution in [0.2, 0.25) is 0 Å². The first-order valence-corrected chi connectivity index (χ1v) is 8.54.